The quantitative estimate of drug-likeness (QED) is 0.878. The number of nitrogens with one attached hydrogen (secondary N) is 1. The lowest BCUT2D eigenvalue weighted by Gasteiger charge is -2.10. The number of hydrogen-bond acceptors (Lipinski definition) is 4. The molecule has 8 heteroatoms. The number of aromatic carboxylic acids is 1. The number of halogens is 1. The van der Waals surface area contributed by atoms with Gasteiger partial charge < -0.3 is 5.11 Å². The van der Waals surface area contributed by atoms with Crippen LogP contribution >= 0.6 is 27.7 Å². The lowest BCUT2D eigenvalue weighted by molar-refractivity contribution is 0.0693. The molecule has 0 atom stereocenters. The number of benzene rings is 1. The highest BCUT2D eigenvalue weighted by Gasteiger charge is 2.17. The summed E-state index contributed by atoms with van der Waals surface area (Å²) in [7, 11) is 0. The minimum absolute atomic E-state index is 0.0625. The third-order valence-electron chi connectivity index (χ3n) is 2.56. The molecule has 0 unspecified atom stereocenters. The van der Waals surface area contributed by atoms with Crippen molar-refractivity contribution in [3.63, 3.8) is 0 Å². The maximum Gasteiger partial charge on any atom is 0.344 e. The summed E-state index contributed by atoms with van der Waals surface area (Å²) >= 11 is 4.39. The lowest BCUT2D eigenvalue weighted by atomic mass is 10.2. The first kappa shape index (κ1) is 14.9. The number of aromatic amines is 1. The first-order valence-electron chi connectivity index (χ1n) is 5.77. The van der Waals surface area contributed by atoms with Crippen LogP contribution in [0.15, 0.2) is 37.5 Å². The van der Waals surface area contributed by atoms with Crippen molar-refractivity contribution in [3.05, 3.63) is 38.7 Å². The van der Waals surface area contributed by atoms with Crippen LogP contribution in [0.3, 0.4) is 0 Å². The van der Waals surface area contributed by atoms with Crippen LogP contribution in [0.2, 0.25) is 0 Å². The summed E-state index contributed by atoms with van der Waals surface area (Å²) in [6.45, 7) is 3.72. The van der Waals surface area contributed by atoms with Gasteiger partial charge in [0.1, 0.15) is 0 Å². The van der Waals surface area contributed by atoms with Crippen LogP contribution in [0.5, 0.6) is 0 Å². The molecule has 0 aliphatic heterocycles. The maximum atomic E-state index is 11.7. The predicted octanol–water partition coefficient (Wildman–Crippen LogP) is 2.76. The fourth-order valence-corrected chi connectivity index (χ4v) is 3.11. The standard InChI is InChI=1S/C12H12BrN3O3S/c1-6(2)16-11(19)14-15-12(16)20-9-4-3-7(13)5-8(9)10(17)18/h3-6H,1-2H3,(H,14,19)(H,17,18). The summed E-state index contributed by atoms with van der Waals surface area (Å²) in [5.74, 6) is -1.03. The second-order valence-electron chi connectivity index (χ2n) is 4.32. The van der Waals surface area contributed by atoms with Crippen molar-refractivity contribution in [1.29, 1.82) is 0 Å². The van der Waals surface area contributed by atoms with Gasteiger partial charge in [-0.05, 0) is 43.8 Å². The van der Waals surface area contributed by atoms with E-state index in [2.05, 4.69) is 26.1 Å². The molecule has 0 radical (unpaired) electrons. The Kier molecular flexibility index (Phi) is 4.34. The van der Waals surface area contributed by atoms with E-state index in [9.17, 15) is 14.7 Å². The van der Waals surface area contributed by atoms with Crippen LogP contribution in [-0.4, -0.2) is 25.8 Å². The van der Waals surface area contributed by atoms with Gasteiger partial charge in [0.2, 0.25) is 0 Å². The Bertz CT molecular complexity index is 708. The molecular formula is C12H12BrN3O3S. The Morgan fingerprint density at radius 3 is 2.80 bits per heavy atom. The van der Waals surface area contributed by atoms with Crippen molar-refractivity contribution < 1.29 is 9.90 Å². The van der Waals surface area contributed by atoms with Gasteiger partial charge in [0.25, 0.3) is 0 Å². The second kappa shape index (κ2) is 5.84. The Morgan fingerprint density at radius 1 is 1.50 bits per heavy atom. The van der Waals surface area contributed by atoms with Gasteiger partial charge in [-0.15, -0.1) is 5.10 Å². The summed E-state index contributed by atoms with van der Waals surface area (Å²) in [6, 6.07) is 4.89. The van der Waals surface area contributed by atoms with E-state index in [1.54, 1.807) is 12.1 Å². The zero-order chi connectivity index (χ0) is 14.9. The first-order chi connectivity index (χ1) is 9.40. The summed E-state index contributed by atoms with van der Waals surface area (Å²) in [5.41, 5.74) is -0.147. The third-order valence-corrected chi connectivity index (χ3v) is 4.10. The first-order valence-corrected chi connectivity index (χ1v) is 7.38. The van der Waals surface area contributed by atoms with Crippen LogP contribution in [0.4, 0.5) is 0 Å². The van der Waals surface area contributed by atoms with E-state index < -0.39 is 5.97 Å². The Morgan fingerprint density at radius 2 is 2.20 bits per heavy atom. The molecule has 2 rings (SSSR count). The summed E-state index contributed by atoms with van der Waals surface area (Å²) < 4.78 is 2.17. The number of carbonyl (C=O) groups is 1. The molecule has 0 saturated carbocycles. The number of rotatable bonds is 4. The van der Waals surface area contributed by atoms with E-state index in [1.807, 2.05) is 13.8 Å². The van der Waals surface area contributed by atoms with Crippen molar-refractivity contribution in [2.75, 3.05) is 0 Å². The Hall–Kier alpha value is -1.54. The average molecular weight is 358 g/mol. The van der Waals surface area contributed by atoms with E-state index in [-0.39, 0.29) is 17.3 Å². The SMILES string of the molecule is CC(C)n1c(Sc2ccc(Br)cc2C(=O)O)n[nH]c1=O. The topological polar surface area (TPSA) is 88.0 Å². The van der Waals surface area contributed by atoms with Crippen molar-refractivity contribution in [1.82, 2.24) is 14.8 Å². The van der Waals surface area contributed by atoms with Gasteiger partial charge in [0, 0.05) is 15.4 Å². The molecule has 0 fully saturated rings. The van der Waals surface area contributed by atoms with E-state index in [1.165, 1.54) is 10.6 Å². The van der Waals surface area contributed by atoms with Gasteiger partial charge in [0.15, 0.2) is 5.16 Å². The molecule has 2 N–H and O–H groups in total. The number of nitrogens with zero attached hydrogens (tertiary/aromatic N) is 2. The van der Waals surface area contributed by atoms with E-state index in [0.717, 1.165) is 11.8 Å². The van der Waals surface area contributed by atoms with Crippen LogP contribution in [0.1, 0.15) is 30.2 Å². The molecule has 0 aliphatic rings. The van der Waals surface area contributed by atoms with Gasteiger partial charge in [-0.2, -0.15) is 0 Å². The zero-order valence-electron chi connectivity index (χ0n) is 10.8. The maximum absolute atomic E-state index is 11.7. The number of aromatic nitrogens is 3. The fourth-order valence-electron chi connectivity index (χ4n) is 1.67. The molecule has 6 nitrogen and oxygen atoms in total. The van der Waals surface area contributed by atoms with Gasteiger partial charge in [-0.3, -0.25) is 4.57 Å². The number of H-pyrrole nitrogens is 1. The van der Waals surface area contributed by atoms with Crippen molar-refractivity contribution in [2.24, 2.45) is 0 Å². The molecule has 0 saturated heterocycles. The molecule has 0 bridgehead atoms. The molecule has 0 spiro atoms. The van der Waals surface area contributed by atoms with Crippen molar-refractivity contribution in [2.45, 2.75) is 29.9 Å². The number of carboxylic acids is 1. The normalized spacial score (nSPS) is 11.0. The van der Waals surface area contributed by atoms with E-state index in [4.69, 9.17) is 0 Å². The van der Waals surface area contributed by atoms with Gasteiger partial charge >= 0.3 is 11.7 Å². The van der Waals surface area contributed by atoms with E-state index >= 15 is 0 Å². The van der Waals surface area contributed by atoms with Crippen molar-refractivity contribution in [3.8, 4) is 0 Å². The van der Waals surface area contributed by atoms with Crippen molar-refractivity contribution >= 4 is 33.7 Å². The highest BCUT2D eigenvalue weighted by molar-refractivity contribution is 9.10. The molecule has 0 aliphatic carbocycles. The van der Waals surface area contributed by atoms with Gasteiger partial charge in [0.05, 0.1) is 5.56 Å². The lowest BCUT2D eigenvalue weighted by Crippen LogP contribution is -2.19. The third kappa shape index (κ3) is 2.96. The highest BCUT2D eigenvalue weighted by Crippen LogP contribution is 2.31. The van der Waals surface area contributed by atoms with Gasteiger partial charge in [-0.1, -0.05) is 15.9 Å². The molecule has 106 valence electrons. The Balaban J connectivity index is 2.45. The van der Waals surface area contributed by atoms with E-state index in [0.29, 0.717) is 14.5 Å². The summed E-state index contributed by atoms with van der Waals surface area (Å²) in [4.78, 5) is 23.4. The summed E-state index contributed by atoms with van der Waals surface area (Å²) in [6.07, 6.45) is 0. The monoisotopic (exact) mass is 357 g/mol. The second-order valence-corrected chi connectivity index (χ2v) is 6.25. The van der Waals surface area contributed by atoms with Crippen LogP contribution in [-0.2, 0) is 0 Å². The summed E-state index contributed by atoms with van der Waals surface area (Å²) in [5, 5.41) is 16.0. The molecule has 2 aromatic rings. The predicted molar refractivity (Wildman–Crippen MR) is 78.5 cm³/mol. The minimum atomic E-state index is -1.03. The largest absolute Gasteiger partial charge is 0.478 e. The molecule has 1 aromatic carbocycles. The molecule has 0 amide bonds. The molecule has 20 heavy (non-hydrogen) atoms. The van der Waals surface area contributed by atoms with Crippen LogP contribution in [0, 0.1) is 0 Å². The molecular weight excluding hydrogens is 346 g/mol. The number of carboxylic acid groups (broad SMARTS) is 1. The van der Waals surface area contributed by atoms with Crippen LogP contribution < -0.4 is 5.69 Å². The van der Waals surface area contributed by atoms with Gasteiger partial charge in [-0.25, -0.2) is 14.7 Å². The Labute approximate surface area is 127 Å². The molecule has 1 aromatic heterocycles. The zero-order valence-corrected chi connectivity index (χ0v) is 13.2. The average Bonchev–Trinajstić information content (AvgIpc) is 2.72. The minimum Gasteiger partial charge on any atom is -0.478 e. The highest BCUT2D eigenvalue weighted by atomic mass is 79.9. The van der Waals surface area contributed by atoms with Crippen LogP contribution in [0.25, 0.3) is 0 Å². The smallest absolute Gasteiger partial charge is 0.344 e. The fraction of sp³-hybridized carbons (Fsp3) is 0.250. The number of hydrogen-bond donors (Lipinski definition) is 2. The molecule has 1 heterocycles.